The molecule has 0 aromatic carbocycles. The fraction of sp³-hybridized carbons (Fsp3) is 0.900. The summed E-state index contributed by atoms with van der Waals surface area (Å²) in [4.78, 5) is 0. The van der Waals surface area contributed by atoms with E-state index in [0.29, 0.717) is 12.5 Å². The van der Waals surface area contributed by atoms with Crippen molar-refractivity contribution in [1.29, 1.82) is 5.26 Å². The monoisotopic (exact) mass is 182 g/mol. The van der Waals surface area contributed by atoms with Crippen LogP contribution in [0.3, 0.4) is 0 Å². The van der Waals surface area contributed by atoms with Crippen LogP contribution in [0, 0.1) is 11.3 Å². The zero-order valence-electron chi connectivity index (χ0n) is 8.09. The van der Waals surface area contributed by atoms with E-state index in [4.69, 9.17) is 10.00 Å². The molecule has 0 radical (unpaired) electrons. The highest BCUT2D eigenvalue weighted by Gasteiger charge is 2.12. The lowest BCUT2D eigenvalue weighted by atomic mass is 10.1. The molecule has 1 saturated heterocycles. The minimum absolute atomic E-state index is 0.413. The van der Waals surface area contributed by atoms with Gasteiger partial charge in [0.2, 0.25) is 0 Å². The molecule has 1 aliphatic rings. The molecule has 13 heavy (non-hydrogen) atoms. The molecule has 1 fully saturated rings. The van der Waals surface area contributed by atoms with Crippen LogP contribution >= 0.6 is 0 Å². The van der Waals surface area contributed by atoms with E-state index in [0.717, 1.165) is 32.5 Å². The largest absolute Gasteiger partial charge is 0.377 e. The summed E-state index contributed by atoms with van der Waals surface area (Å²) in [5, 5.41) is 11.6. The van der Waals surface area contributed by atoms with Crippen molar-refractivity contribution in [1.82, 2.24) is 5.32 Å². The van der Waals surface area contributed by atoms with Gasteiger partial charge in [0.1, 0.15) is 0 Å². The molecule has 1 rings (SSSR count). The SMILES string of the molecule is N#CCCCCO[C@H]1CCCNC1. The second-order valence-electron chi connectivity index (χ2n) is 3.45. The van der Waals surface area contributed by atoms with Crippen LogP contribution in [0.5, 0.6) is 0 Å². The number of nitrogens with zero attached hydrogens (tertiary/aromatic N) is 1. The lowest BCUT2D eigenvalue weighted by molar-refractivity contribution is 0.0351. The summed E-state index contributed by atoms with van der Waals surface area (Å²) in [7, 11) is 0. The molecular formula is C10H18N2O. The molecule has 3 nitrogen and oxygen atoms in total. The quantitative estimate of drug-likeness (QED) is 0.654. The number of nitrogens with one attached hydrogen (secondary N) is 1. The molecule has 1 atom stereocenters. The number of ether oxygens (including phenoxy) is 1. The summed E-state index contributed by atoms with van der Waals surface area (Å²) in [6, 6.07) is 2.14. The minimum Gasteiger partial charge on any atom is -0.377 e. The van der Waals surface area contributed by atoms with Crippen molar-refractivity contribution in [3.63, 3.8) is 0 Å². The maximum absolute atomic E-state index is 8.31. The van der Waals surface area contributed by atoms with Gasteiger partial charge in [-0.1, -0.05) is 0 Å². The maximum atomic E-state index is 8.31. The highest BCUT2D eigenvalue weighted by atomic mass is 16.5. The predicted molar refractivity (Wildman–Crippen MR) is 51.3 cm³/mol. The Labute approximate surface area is 80.1 Å². The highest BCUT2D eigenvalue weighted by molar-refractivity contribution is 4.70. The standard InChI is InChI=1S/C10H18N2O/c11-6-2-1-3-8-13-10-5-4-7-12-9-10/h10,12H,1-5,7-9H2/t10-/m0/s1. The lowest BCUT2D eigenvalue weighted by Gasteiger charge is -2.22. The van der Waals surface area contributed by atoms with Gasteiger partial charge < -0.3 is 10.1 Å². The van der Waals surface area contributed by atoms with Crippen LogP contribution in [-0.2, 0) is 4.74 Å². The third-order valence-corrected chi connectivity index (χ3v) is 2.29. The van der Waals surface area contributed by atoms with Gasteiger partial charge >= 0.3 is 0 Å². The topological polar surface area (TPSA) is 45.0 Å². The minimum atomic E-state index is 0.413. The number of nitriles is 1. The molecular weight excluding hydrogens is 164 g/mol. The number of hydrogen-bond acceptors (Lipinski definition) is 3. The normalized spacial score (nSPS) is 22.5. The van der Waals surface area contributed by atoms with Crippen LogP contribution in [0.2, 0.25) is 0 Å². The van der Waals surface area contributed by atoms with Crippen molar-refractivity contribution in [3.8, 4) is 6.07 Å². The second-order valence-corrected chi connectivity index (χ2v) is 3.45. The first-order valence-corrected chi connectivity index (χ1v) is 5.13. The van der Waals surface area contributed by atoms with E-state index in [1.54, 1.807) is 0 Å². The van der Waals surface area contributed by atoms with Gasteiger partial charge in [0.25, 0.3) is 0 Å². The van der Waals surface area contributed by atoms with Gasteiger partial charge in [-0.25, -0.2) is 0 Å². The Bertz CT molecular complexity index is 159. The smallest absolute Gasteiger partial charge is 0.0699 e. The zero-order chi connectivity index (χ0) is 9.36. The molecule has 0 aromatic rings. The van der Waals surface area contributed by atoms with E-state index in [1.807, 2.05) is 0 Å². The molecule has 1 N–H and O–H groups in total. The van der Waals surface area contributed by atoms with Gasteiger partial charge in [-0.15, -0.1) is 0 Å². The summed E-state index contributed by atoms with van der Waals surface area (Å²) in [6.07, 6.45) is 5.47. The Morgan fingerprint density at radius 1 is 1.46 bits per heavy atom. The number of piperidine rings is 1. The van der Waals surface area contributed by atoms with E-state index in [9.17, 15) is 0 Å². The molecule has 0 bridgehead atoms. The van der Waals surface area contributed by atoms with Gasteiger partial charge in [-0.05, 0) is 32.2 Å². The fourth-order valence-electron chi connectivity index (χ4n) is 1.52. The summed E-state index contributed by atoms with van der Waals surface area (Å²) in [5.41, 5.74) is 0. The van der Waals surface area contributed by atoms with E-state index < -0.39 is 0 Å². The first kappa shape index (κ1) is 10.5. The van der Waals surface area contributed by atoms with Crippen LogP contribution in [0.1, 0.15) is 32.1 Å². The lowest BCUT2D eigenvalue weighted by Crippen LogP contribution is -2.35. The third kappa shape index (κ3) is 4.87. The number of unbranched alkanes of at least 4 members (excludes halogenated alkanes) is 2. The van der Waals surface area contributed by atoms with Gasteiger partial charge in [0, 0.05) is 19.6 Å². The Morgan fingerprint density at radius 2 is 2.38 bits per heavy atom. The van der Waals surface area contributed by atoms with Crippen LogP contribution < -0.4 is 5.32 Å². The average molecular weight is 182 g/mol. The molecule has 0 aromatic heterocycles. The van der Waals surface area contributed by atoms with Gasteiger partial charge in [-0.3, -0.25) is 0 Å². The molecule has 1 aliphatic heterocycles. The van der Waals surface area contributed by atoms with Crippen molar-refractivity contribution in [2.24, 2.45) is 0 Å². The van der Waals surface area contributed by atoms with Crippen molar-refractivity contribution in [3.05, 3.63) is 0 Å². The summed E-state index contributed by atoms with van der Waals surface area (Å²) in [6.45, 7) is 2.95. The van der Waals surface area contributed by atoms with E-state index in [-0.39, 0.29) is 0 Å². The molecule has 0 amide bonds. The van der Waals surface area contributed by atoms with Gasteiger partial charge in [0.05, 0.1) is 12.2 Å². The summed E-state index contributed by atoms with van der Waals surface area (Å²) >= 11 is 0. The first-order chi connectivity index (χ1) is 6.43. The molecule has 3 heteroatoms. The first-order valence-electron chi connectivity index (χ1n) is 5.13. The van der Waals surface area contributed by atoms with Gasteiger partial charge in [-0.2, -0.15) is 5.26 Å². The van der Waals surface area contributed by atoms with Crippen molar-refractivity contribution in [2.75, 3.05) is 19.7 Å². The van der Waals surface area contributed by atoms with Crippen LogP contribution in [-0.4, -0.2) is 25.8 Å². The predicted octanol–water partition coefficient (Wildman–Crippen LogP) is 1.45. The molecule has 0 unspecified atom stereocenters. The molecule has 0 spiro atoms. The summed E-state index contributed by atoms with van der Waals surface area (Å²) < 4.78 is 5.66. The van der Waals surface area contributed by atoms with E-state index >= 15 is 0 Å². The number of rotatable bonds is 5. The van der Waals surface area contributed by atoms with Crippen LogP contribution in [0.25, 0.3) is 0 Å². The molecule has 74 valence electrons. The van der Waals surface area contributed by atoms with Crippen LogP contribution in [0.4, 0.5) is 0 Å². The molecule has 1 heterocycles. The highest BCUT2D eigenvalue weighted by Crippen LogP contribution is 2.06. The Kier molecular flexibility index (Phi) is 5.55. The second kappa shape index (κ2) is 6.88. The van der Waals surface area contributed by atoms with Crippen molar-refractivity contribution in [2.45, 2.75) is 38.2 Å². The Morgan fingerprint density at radius 3 is 3.08 bits per heavy atom. The Hall–Kier alpha value is -0.590. The fourth-order valence-corrected chi connectivity index (χ4v) is 1.52. The Balaban J connectivity index is 1.90. The molecule has 0 saturated carbocycles. The van der Waals surface area contributed by atoms with E-state index in [1.165, 1.54) is 12.8 Å². The maximum Gasteiger partial charge on any atom is 0.0699 e. The van der Waals surface area contributed by atoms with Crippen molar-refractivity contribution >= 4 is 0 Å². The molecule has 0 aliphatic carbocycles. The van der Waals surface area contributed by atoms with Crippen molar-refractivity contribution < 1.29 is 4.74 Å². The van der Waals surface area contributed by atoms with E-state index in [2.05, 4.69) is 11.4 Å². The average Bonchev–Trinajstić information content (AvgIpc) is 2.19. The zero-order valence-corrected chi connectivity index (χ0v) is 8.09. The summed E-state index contributed by atoms with van der Waals surface area (Å²) in [5.74, 6) is 0. The number of hydrogen-bond donors (Lipinski definition) is 1. The van der Waals surface area contributed by atoms with Crippen LogP contribution in [0.15, 0.2) is 0 Å². The van der Waals surface area contributed by atoms with Gasteiger partial charge in [0.15, 0.2) is 0 Å². The third-order valence-electron chi connectivity index (χ3n) is 2.29.